The highest BCUT2D eigenvalue weighted by atomic mass is 15.0. The first kappa shape index (κ1) is 11.7. The number of pyridine rings is 1. The summed E-state index contributed by atoms with van der Waals surface area (Å²) in [6.07, 6.45) is 4.91. The number of imidazole rings is 1. The highest BCUT2D eigenvalue weighted by molar-refractivity contribution is 5.70. The van der Waals surface area contributed by atoms with E-state index in [0.717, 1.165) is 41.6 Å². The van der Waals surface area contributed by atoms with E-state index >= 15 is 0 Å². The molecular formula is C14H20N4. The van der Waals surface area contributed by atoms with Crippen molar-refractivity contribution in [1.82, 2.24) is 20.3 Å². The molecule has 1 atom stereocenters. The van der Waals surface area contributed by atoms with Crippen LogP contribution >= 0.6 is 0 Å². The molecule has 0 bridgehead atoms. The minimum absolute atomic E-state index is 0.807. The molecule has 1 fully saturated rings. The summed E-state index contributed by atoms with van der Waals surface area (Å²) in [5.41, 5.74) is 2.93. The van der Waals surface area contributed by atoms with Crippen LogP contribution in [-0.2, 0) is 6.42 Å². The van der Waals surface area contributed by atoms with Crippen molar-refractivity contribution in [2.75, 3.05) is 13.1 Å². The summed E-state index contributed by atoms with van der Waals surface area (Å²) in [6, 6.07) is 4.09. The summed E-state index contributed by atoms with van der Waals surface area (Å²) in [5.74, 6) is 1.88. The van der Waals surface area contributed by atoms with Crippen LogP contribution in [0.15, 0.2) is 12.1 Å². The lowest BCUT2D eigenvalue weighted by Crippen LogP contribution is -2.29. The predicted octanol–water partition coefficient (Wildman–Crippen LogP) is 2.20. The van der Waals surface area contributed by atoms with Gasteiger partial charge in [-0.25, -0.2) is 9.97 Å². The summed E-state index contributed by atoms with van der Waals surface area (Å²) in [5, 5.41) is 3.46. The van der Waals surface area contributed by atoms with Crippen LogP contribution in [0.25, 0.3) is 11.2 Å². The molecule has 3 rings (SSSR count). The Hall–Kier alpha value is -1.42. The second-order valence-electron chi connectivity index (χ2n) is 5.26. The molecule has 96 valence electrons. The molecule has 0 amide bonds. The molecule has 2 N–H and O–H groups in total. The minimum atomic E-state index is 0.807. The topological polar surface area (TPSA) is 53.6 Å². The number of aromatic amines is 1. The zero-order chi connectivity index (χ0) is 12.4. The number of nitrogens with zero attached hydrogens (tertiary/aromatic N) is 2. The van der Waals surface area contributed by atoms with Crippen molar-refractivity contribution in [2.24, 2.45) is 5.92 Å². The molecule has 1 unspecified atom stereocenters. The van der Waals surface area contributed by atoms with Gasteiger partial charge in [0.05, 0.1) is 5.52 Å². The van der Waals surface area contributed by atoms with Gasteiger partial charge in [0.1, 0.15) is 5.82 Å². The maximum Gasteiger partial charge on any atom is 0.177 e. The van der Waals surface area contributed by atoms with Crippen molar-refractivity contribution < 1.29 is 0 Å². The first-order valence-electron chi connectivity index (χ1n) is 6.84. The Labute approximate surface area is 107 Å². The Bertz CT molecular complexity index is 526. The number of aromatic nitrogens is 3. The van der Waals surface area contributed by atoms with Crippen molar-refractivity contribution >= 4 is 11.2 Å². The first-order valence-corrected chi connectivity index (χ1v) is 6.84. The van der Waals surface area contributed by atoms with Gasteiger partial charge >= 0.3 is 0 Å². The number of piperidine rings is 1. The van der Waals surface area contributed by atoms with E-state index in [9.17, 15) is 0 Å². The van der Waals surface area contributed by atoms with Gasteiger partial charge in [-0.15, -0.1) is 0 Å². The molecule has 0 aliphatic carbocycles. The van der Waals surface area contributed by atoms with E-state index < -0.39 is 0 Å². The maximum absolute atomic E-state index is 4.57. The van der Waals surface area contributed by atoms with Gasteiger partial charge in [0, 0.05) is 12.1 Å². The van der Waals surface area contributed by atoms with Crippen molar-refractivity contribution in [3.8, 4) is 0 Å². The molecule has 4 nitrogen and oxygen atoms in total. The third-order valence-corrected chi connectivity index (χ3v) is 3.72. The second kappa shape index (κ2) is 5.06. The number of hydrogen-bond donors (Lipinski definition) is 2. The smallest absolute Gasteiger partial charge is 0.177 e. The van der Waals surface area contributed by atoms with E-state index in [1.165, 1.54) is 25.8 Å². The molecule has 1 aliphatic rings. The van der Waals surface area contributed by atoms with Crippen molar-refractivity contribution in [2.45, 2.75) is 32.6 Å². The molecule has 2 aromatic heterocycles. The van der Waals surface area contributed by atoms with Gasteiger partial charge in [-0.3, -0.25) is 0 Å². The van der Waals surface area contributed by atoms with E-state index in [-0.39, 0.29) is 0 Å². The highest BCUT2D eigenvalue weighted by Gasteiger charge is 2.13. The Morgan fingerprint density at radius 3 is 3.11 bits per heavy atom. The van der Waals surface area contributed by atoms with Crippen molar-refractivity contribution in [3.63, 3.8) is 0 Å². The molecule has 4 heteroatoms. The zero-order valence-electron chi connectivity index (χ0n) is 10.9. The largest absolute Gasteiger partial charge is 0.341 e. The lowest BCUT2D eigenvalue weighted by molar-refractivity contribution is 0.356. The lowest BCUT2D eigenvalue weighted by Gasteiger charge is -2.22. The Morgan fingerprint density at radius 2 is 2.28 bits per heavy atom. The van der Waals surface area contributed by atoms with Crippen LogP contribution in [0.3, 0.4) is 0 Å². The zero-order valence-corrected chi connectivity index (χ0v) is 10.9. The standard InChI is InChI=1S/C14H20N4/c1-10-4-6-12-14(16-10)18-13(17-12)7-5-11-3-2-8-15-9-11/h4,6,11,15H,2-3,5,7-9H2,1H3,(H,16,17,18). The number of H-pyrrole nitrogens is 1. The van der Waals surface area contributed by atoms with Crippen LogP contribution in [0.4, 0.5) is 0 Å². The monoisotopic (exact) mass is 244 g/mol. The Morgan fingerprint density at radius 1 is 1.33 bits per heavy atom. The van der Waals surface area contributed by atoms with E-state index in [2.05, 4.69) is 26.3 Å². The molecule has 0 aromatic carbocycles. The van der Waals surface area contributed by atoms with E-state index in [1.807, 2.05) is 13.0 Å². The van der Waals surface area contributed by atoms with Crippen LogP contribution in [0.2, 0.25) is 0 Å². The molecular weight excluding hydrogens is 224 g/mol. The van der Waals surface area contributed by atoms with Gasteiger partial charge in [0.25, 0.3) is 0 Å². The number of hydrogen-bond acceptors (Lipinski definition) is 3. The Kier molecular flexibility index (Phi) is 3.28. The average Bonchev–Trinajstić information content (AvgIpc) is 2.79. The second-order valence-corrected chi connectivity index (χ2v) is 5.26. The van der Waals surface area contributed by atoms with Gasteiger partial charge in [-0.05, 0) is 57.3 Å². The van der Waals surface area contributed by atoms with Crippen LogP contribution in [0.1, 0.15) is 30.8 Å². The van der Waals surface area contributed by atoms with Gasteiger partial charge in [0.15, 0.2) is 5.65 Å². The fourth-order valence-electron chi connectivity index (χ4n) is 2.67. The van der Waals surface area contributed by atoms with Gasteiger partial charge < -0.3 is 10.3 Å². The average molecular weight is 244 g/mol. The van der Waals surface area contributed by atoms with Crippen LogP contribution in [-0.4, -0.2) is 28.0 Å². The van der Waals surface area contributed by atoms with E-state index in [4.69, 9.17) is 0 Å². The molecule has 1 saturated heterocycles. The van der Waals surface area contributed by atoms with E-state index in [0.29, 0.717) is 0 Å². The van der Waals surface area contributed by atoms with E-state index in [1.54, 1.807) is 0 Å². The minimum Gasteiger partial charge on any atom is -0.341 e. The molecule has 0 saturated carbocycles. The molecule has 2 aromatic rings. The fourth-order valence-corrected chi connectivity index (χ4v) is 2.67. The molecule has 18 heavy (non-hydrogen) atoms. The molecule has 3 heterocycles. The molecule has 1 aliphatic heterocycles. The van der Waals surface area contributed by atoms with Crippen molar-refractivity contribution in [3.05, 3.63) is 23.7 Å². The van der Waals surface area contributed by atoms with Crippen LogP contribution in [0.5, 0.6) is 0 Å². The van der Waals surface area contributed by atoms with Gasteiger partial charge in [-0.1, -0.05) is 0 Å². The Balaban J connectivity index is 1.67. The summed E-state index contributed by atoms with van der Waals surface area (Å²) in [4.78, 5) is 12.4. The number of fused-ring (bicyclic) bond motifs is 1. The SMILES string of the molecule is Cc1ccc2[nH]c(CCC3CCCNC3)nc2n1. The summed E-state index contributed by atoms with van der Waals surface area (Å²) >= 11 is 0. The molecule has 0 spiro atoms. The summed E-state index contributed by atoms with van der Waals surface area (Å²) in [7, 11) is 0. The highest BCUT2D eigenvalue weighted by Crippen LogP contribution is 2.17. The number of aryl methyl sites for hydroxylation is 2. The third kappa shape index (κ3) is 2.53. The summed E-state index contributed by atoms with van der Waals surface area (Å²) < 4.78 is 0. The van der Waals surface area contributed by atoms with Gasteiger partial charge in [0.2, 0.25) is 0 Å². The fraction of sp³-hybridized carbons (Fsp3) is 0.571. The van der Waals surface area contributed by atoms with Crippen molar-refractivity contribution in [1.29, 1.82) is 0 Å². The number of rotatable bonds is 3. The van der Waals surface area contributed by atoms with Gasteiger partial charge in [-0.2, -0.15) is 0 Å². The maximum atomic E-state index is 4.57. The first-order chi connectivity index (χ1) is 8.81. The summed E-state index contributed by atoms with van der Waals surface area (Å²) in [6.45, 7) is 4.35. The lowest BCUT2D eigenvalue weighted by atomic mass is 9.95. The number of nitrogens with one attached hydrogen (secondary N) is 2. The van der Waals surface area contributed by atoms with Crippen LogP contribution < -0.4 is 5.32 Å². The molecule has 0 radical (unpaired) electrons. The predicted molar refractivity (Wildman–Crippen MR) is 72.5 cm³/mol. The quantitative estimate of drug-likeness (QED) is 0.870. The van der Waals surface area contributed by atoms with Crippen LogP contribution in [0, 0.1) is 12.8 Å². The normalized spacial score (nSPS) is 20.4. The third-order valence-electron chi connectivity index (χ3n) is 3.72.